The predicted octanol–water partition coefficient (Wildman–Crippen LogP) is 2.40. The number of aromatic amines is 1. The second kappa shape index (κ2) is 6.24. The summed E-state index contributed by atoms with van der Waals surface area (Å²) >= 11 is 5.70. The molecule has 0 saturated carbocycles. The number of hydrogen-bond acceptors (Lipinski definition) is 2. The number of carbonyl (C=O) groups is 1. The molecule has 2 rings (SSSR count). The van der Waals surface area contributed by atoms with Gasteiger partial charge < -0.3 is 15.4 Å². The molecule has 0 atom stereocenters. The van der Waals surface area contributed by atoms with Gasteiger partial charge in [0.25, 0.3) is 5.91 Å². The van der Waals surface area contributed by atoms with E-state index in [1.54, 1.807) is 0 Å². The summed E-state index contributed by atoms with van der Waals surface area (Å²) in [6, 6.07) is 5.57. The van der Waals surface area contributed by atoms with E-state index in [1.807, 2.05) is 0 Å². The van der Waals surface area contributed by atoms with Crippen molar-refractivity contribution in [2.45, 2.75) is 0 Å². The first-order chi connectivity index (χ1) is 9.60. The summed E-state index contributed by atoms with van der Waals surface area (Å²) in [5, 5.41) is 11.5. The number of benzene rings is 1. The predicted molar refractivity (Wildman–Crippen MR) is 74.1 cm³/mol. The van der Waals surface area contributed by atoms with Crippen molar-refractivity contribution in [3.05, 3.63) is 52.6 Å². The molecule has 0 radical (unpaired) electrons. The van der Waals surface area contributed by atoms with Gasteiger partial charge in [0.2, 0.25) is 0 Å². The zero-order chi connectivity index (χ0) is 14.5. The van der Waals surface area contributed by atoms with Crippen LogP contribution in [0.25, 0.3) is 0 Å². The molecule has 4 nitrogen and oxygen atoms in total. The smallest absolute Gasteiger partial charge is 0.272 e. The Balaban J connectivity index is 2.14. The zero-order valence-electron chi connectivity index (χ0n) is 10.2. The molecule has 1 aromatic heterocycles. The number of aliphatic hydroxyl groups excluding tert-OH is 1. The number of halogens is 2. The molecular formula is C14H10ClFN2O2. The first-order valence-corrected chi connectivity index (χ1v) is 6.02. The van der Waals surface area contributed by atoms with E-state index in [-0.39, 0.29) is 17.9 Å². The molecule has 0 fully saturated rings. The van der Waals surface area contributed by atoms with E-state index in [0.29, 0.717) is 10.7 Å². The number of rotatable bonds is 2. The normalized spacial score (nSPS) is 9.75. The third-order valence-corrected chi connectivity index (χ3v) is 2.64. The number of amides is 1. The summed E-state index contributed by atoms with van der Waals surface area (Å²) in [6.07, 6.45) is 1.48. The lowest BCUT2D eigenvalue weighted by molar-refractivity contribution is 0.102. The molecule has 1 amide bonds. The van der Waals surface area contributed by atoms with Crippen LogP contribution in [-0.2, 0) is 0 Å². The molecule has 0 spiro atoms. The number of aromatic nitrogens is 1. The number of nitrogens with one attached hydrogen (secondary N) is 2. The molecule has 0 saturated heterocycles. The van der Waals surface area contributed by atoms with Crippen molar-refractivity contribution >= 4 is 23.2 Å². The Morgan fingerprint density at radius 1 is 1.45 bits per heavy atom. The lowest BCUT2D eigenvalue weighted by Crippen LogP contribution is -2.12. The molecule has 1 aromatic carbocycles. The average Bonchev–Trinajstić information content (AvgIpc) is 2.85. The maximum atomic E-state index is 13.7. The van der Waals surface area contributed by atoms with E-state index in [1.165, 1.54) is 24.4 Å². The summed E-state index contributed by atoms with van der Waals surface area (Å²) in [5.41, 5.74) is 0.729. The van der Waals surface area contributed by atoms with Crippen molar-refractivity contribution in [2.24, 2.45) is 0 Å². The maximum Gasteiger partial charge on any atom is 0.272 e. The fourth-order valence-corrected chi connectivity index (χ4v) is 1.69. The van der Waals surface area contributed by atoms with Gasteiger partial charge in [0, 0.05) is 11.9 Å². The molecule has 0 bridgehead atoms. The summed E-state index contributed by atoms with van der Waals surface area (Å²) in [4.78, 5) is 14.5. The van der Waals surface area contributed by atoms with Crippen molar-refractivity contribution in [1.29, 1.82) is 0 Å². The van der Waals surface area contributed by atoms with Crippen LogP contribution in [0.15, 0.2) is 30.5 Å². The van der Waals surface area contributed by atoms with Gasteiger partial charge in [-0.3, -0.25) is 4.79 Å². The monoisotopic (exact) mass is 292 g/mol. The molecule has 2 aromatic rings. The Morgan fingerprint density at radius 2 is 2.25 bits per heavy atom. The van der Waals surface area contributed by atoms with Crippen LogP contribution in [0.1, 0.15) is 16.1 Å². The van der Waals surface area contributed by atoms with Gasteiger partial charge in [0.15, 0.2) is 0 Å². The third kappa shape index (κ3) is 3.38. The Bertz CT molecular complexity index is 701. The minimum atomic E-state index is -0.576. The van der Waals surface area contributed by atoms with Gasteiger partial charge in [0.1, 0.15) is 18.1 Å². The summed E-state index contributed by atoms with van der Waals surface area (Å²) < 4.78 is 13.7. The molecule has 0 aliphatic rings. The van der Waals surface area contributed by atoms with Crippen molar-refractivity contribution in [2.75, 3.05) is 11.9 Å². The first kappa shape index (κ1) is 14.1. The number of carbonyl (C=O) groups excluding carboxylic acids is 1. The molecule has 0 aliphatic heterocycles. The molecule has 1 heterocycles. The van der Waals surface area contributed by atoms with Gasteiger partial charge in [-0.15, -0.1) is 0 Å². The lowest BCUT2D eigenvalue weighted by atomic mass is 10.2. The fourth-order valence-electron chi connectivity index (χ4n) is 1.53. The van der Waals surface area contributed by atoms with Crippen LogP contribution >= 0.6 is 11.6 Å². The number of anilines is 1. The third-order valence-electron chi connectivity index (χ3n) is 2.42. The molecule has 20 heavy (non-hydrogen) atoms. The van der Waals surface area contributed by atoms with Gasteiger partial charge in [0.05, 0.1) is 10.6 Å². The highest BCUT2D eigenvalue weighted by molar-refractivity contribution is 6.31. The highest BCUT2D eigenvalue weighted by Crippen LogP contribution is 2.16. The Morgan fingerprint density at radius 3 is 2.85 bits per heavy atom. The van der Waals surface area contributed by atoms with E-state index >= 15 is 0 Å². The van der Waals surface area contributed by atoms with Gasteiger partial charge in [-0.05, 0) is 24.3 Å². The van der Waals surface area contributed by atoms with E-state index < -0.39 is 11.7 Å². The van der Waals surface area contributed by atoms with E-state index in [9.17, 15) is 9.18 Å². The molecule has 0 aliphatic carbocycles. The Kier molecular flexibility index (Phi) is 4.41. The van der Waals surface area contributed by atoms with E-state index in [0.717, 1.165) is 6.07 Å². The van der Waals surface area contributed by atoms with Gasteiger partial charge in [-0.1, -0.05) is 23.4 Å². The van der Waals surface area contributed by atoms with Crippen molar-refractivity contribution in [1.82, 2.24) is 4.98 Å². The second-order valence-corrected chi connectivity index (χ2v) is 4.28. The van der Waals surface area contributed by atoms with Crippen molar-refractivity contribution in [3.63, 3.8) is 0 Å². The largest absolute Gasteiger partial charge is 0.384 e. The van der Waals surface area contributed by atoms with Gasteiger partial charge in [-0.25, -0.2) is 4.39 Å². The Labute approximate surface area is 119 Å². The summed E-state index contributed by atoms with van der Waals surface area (Å²) in [6.45, 7) is -0.342. The van der Waals surface area contributed by atoms with Crippen LogP contribution in [0.3, 0.4) is 0 Å². The minimum absolute atomic E-state index is 0.153. The van der Waals surface area contributed by atoms with Crippen molar-refractivity contribution in [3.8, 4) is 11.8 Å². The highest BCUT2D eigenvalue weighted by Gasteiger charge is 2.09. The SMILES string of the molecule is O=C(Nc1ccc(C#CCO)c(F)c1)c1cc(Cl)c[nH]1. The minimum Gasteiger partial charge on any atom is -0.384 e. The maximum absolute atomic E-state index is 13.7. The van der Waals surface area contributed by atoms with Gasteiger partial charge >= 0.3 is 0 Å². The van der Waals surface area contributed by atoms with E-state index in [4.69, 9.17) is 16.7 Å². The van der Waals surface area contributed by atoms with Crippen LogP contribution in [0.5, 0.6) is 0 Å². The number of H-pyrrole nitrogens is 1. The quantitative estimate of drug-likeness (QED) is 0.744. The summed E-state index contributed by atoms with van der Waals surface area (Å²) in [7, 11) is 0. The molecule has 6 heteroatoms. The molecular weight excluding hydrogens is 283 g/mol. The zero-order valence-corrected chi connectivity index (χ0v) is 11.0. The molecule has 3 N–H and O–H groups in total. The second-order valence-electron chi connectivity index (χ2n) is 3.84. The first-order valence-electron chi connectivity index (χ1n) is 5.64. The van der Waals surface area contributed by atoms with E-state index in [2.05, 4.69) is 22.1 Å². The topological polar surface area (TPSA) is 65.1 Å². The van der Waals surface area contributed by atoms with Gasteiger partial charge in [-0.2, -0.15) is 0 Å². The number of hydrogen-bond donors (Lipinski definition) is 3. The van der Waals surface area contributed by atoms with Crippen LogP contribution in [0.4, 0.5) is 10.1 Å². The Hall–Kier alpha value is -2.29. The number of aliphatic hydroxyl groups is 1. The van der Waals surface area contributed by atoms with Crippen LogP contribution in [-0.4, -0.2) is 22.6 Å². The van der Waals surface area contributed by atoms with Crippen LogP contribution in [0.2, 0.25) is 5.02 Å². The lowest BCUT2D eigenvalue weighted by Gasteiger charge is -2.04. The molecule has 102 valence electrons. The molecule has 0 unspecified atom stereocenters. The van der Waals surface area contributed by atoms with Crippen LogP contribution in [0, 0.1) is 17.7 Å². The van der Waals surface area contributed by atoms with Crippen LogP contribution < -0.4 is 5.32 Å². The standard InChI is InChI=1S/C14H10ClFN2O2/c15-10-6-13(17-8-10)14(20)18-11-4-3-9(2-1-5-19)12(16)7-11/h3-4,6-8,17,19H,5H2,(H,18,20). The summed E-state index contributed by atoms with van der Waals surface area (Å²) in [5.74, 6) is 3.82. The average molecular weight is 293 g/mol. The fraction of sp³-hybridized carbons (Fsp3) is 0.0714. The highest BCUT2D eigenvalue weighted by atomic mass is 35.5. The van der Waals surface area contributed by atoms with Crippen molar-refractivity contribution < 1.29 is 14.3 Å².